The van der Waals surface area contributed by atoms with Crippen LogP contribution in [0.15, 0.2) is 51.8 Å². The van der Waals surface area contributed by atoms with E-state index < -0.39 is 17.7 Å². The van der Waals surface area contributed by atoms with Gasteiger partial charge in [-0.05, 0) is 42.5 Å². The number of rotatable bonds is 5. The highest BCUT2D eigenvalue weighted by Gasteiger charge is 2.15. The van der Waals surface area contributed by atoms with E-state index in [0.29, 0.717) is 5.75 Å². The molecule has 0 radical (unpaired) electrons. The van der Waals surface area contributed by atoms with Crippen molar-refractivity contribution >= 4 is 27.7 Å². The van der Waals surface area contributed by atoms with Crippen LogP contribution in [0.3, 0.4) is 0 Å². The minimum atomic E-state index is -0.477. The van der Waals surface area contributed by atoms with E-state index in [9.17, 15) is 8.78 Å². The van der Waals surface area contributed by atoms with Crippen LogP contribution in [0.25, 0.3) is 0 Å². The first-order chi connectivity index (χ1) is 9.60. The van der Waals surface area contributed by atoms with E-state index in [2.05, 4.69) is 21.4 Å². The monoisotopic (exact) mass is 358 g/mol. The van der Waals surface area contributed by atoms with Crippen molar-refractivity contribution in [2.45, 2.75) is 10.9 Å². The second-order valence-corrected chi connectivity index (χ2v) is 6.16. The minimum absolute atomic E-state index is 0.233. The third-order valence-corrected chi connectivity index (χ3v) is 4.40. The number of halogens is 3. The average molecular weight is 359 g/mol. The summed E-state index contributed by atoms with van der Waals surface area (Å²) in [7, 11) is 0. The molecule has 2 aromatic rings. The average Bonchev–Trinajstić information content (AvgIpc) is 2.45. The van der Waals surface area contributed by atoms with Crippen molar-refractivity contribution in [3.05, 3.63) is 64.1 Å². The molecule has 0 aromatic heterocycles. The van der Waals surface area contributed by atoms with Crippen LogP contribution in [0.1, 0.15) is 11.6 Å². The summed E-state index contributed by atoms with van der Waals surface area (Å²) in [5, 5.41) is 0. The van der Waals surface area contributed by atoms with Crippen molar-refractivity contribution in [3.63, 3.8) is 0 Å². The lowest BCUT2D eigenvalue weighted by molar-refractivity contribution is 0.534. The smallest absolute Gasteiger partial charge is 0.128 e. The van der Waals surface area contributed by atoms with E-state index in [1.54, 1.807) is 0 Å². The molecule has 2 nitrogen and oxygen atoms in total. The molecule has 0 heterocycles. The van der Waals surface area contributed by atoms with Gasteiger partial charge in [-0.1, -0.05) is 15.9 Å². The summed E-state index contributed by atoms with van der Waals surface area (Å²) >= 11 is 4.88. The van der Waals surface area contributed by atoms with Crippen LogP contribution in [-0.2, 0) is 0 Å². The summed E-state index contributed by atoms with van der Waals surface area (Å²) in [4.78, 5) is 1.03. The lowest BCUT2D eigenvalue weighted by Gasteiger charge is -2.16. The maximum Gasteiger partial charge on any atom is 0.128 e. The summed E-state index contributed by atoms with van der Waals surface area (Å²) in [5.74, 6) is 5.01. The molecule has 0 aliphatic heterocycles. The van der Waals surface area contributed by atoms with Gasteiger partial charge in [0.2, 0.25) is 0 Å². The maximum absolute atomic E-state index is 13.7. The van der Waals surface area contributed by atoms with E-state index in [1.807, 2.05) is 24.3 Å². The predicted molar refractivity (Wildman–Crippen MR) is 81.3 cm³/mol. The maximum atomic E-state index is 13.7. The molecule has 0 aliphatic rings. The van der Waals surface area contributed by atoms with E-state index in [-0.39, 0.29) is 5.56 Å². The molecule has 0 amide bonds. The van der Waals surface area contributed by atoms with Gasteiger partial charge in [0.05, 0.1) is 6.04 Å². The van der Waals surface area contributed by atoms with Gasteiger partial charge in [-0.25, -0.2) is 8.78 Å². The van der Waals surface area contributed by atoms with E-state index >= 15 is 0 Å². The Bertz CT molecular complexity index is 578. The first-order valence-electron chi connectivity index (χ1n) is 5.89. The quantitative estimate of drug-likeness (QED) is 0.481. The van der Waals surface area contributed by atoms with Gasteiger partial charge in [0.15, 0.2) is 0 Å². The van der Waals surface area contributed by atoms with Crippen molar-refractivity contribution in [3.8, 4) is 0 Å². The third kappa shape index (κ3) is 4.02. The molecule has 3 N–H and O–H groups in total. The lowest BCUT2D eigenvalue weighted by atomic mass is 10.1. The number of hydrazine groups is 1. The van der Waals surface area contributed by atoms with Gasteiger partial charge in [-0.3, -0.25) is 11.3 Å². The topological polar surface area (TPSA) is 38.0 Å². The second-order valence-electron chi connectivity index (χ2n) is 4.15. The fraction of sp³-hybridized carbons (Fsp3) is 0.143. The molecule has 0 saturated heterocycles. The van der Waals surface area contributed by atoms with Gasteiger partial charge in [0.1, 0.15) is 11.6 Å². The van der Waals surface area contributed by atoms with Gasteiger partial charge in [-0.2, -0.15) is 0 Å². The van der Waals surface area contributed by atoms with E-state index in [0.717, 1.165) is 21.5 Å². The fourth-order valence-electron chi connectivity index (χ4n) is 1.72. The Morgan fingerprint density at radius 2 is 1.85 bits per heavy atom. The van der Waals surface area contributed by atoms with Gasteiger partial charge in [0.25, 0.3) is 0 Å². The molecule has 1 unspecified atom stereocenters. The van der Waals surface area contributed by atoms with Crippen molar-refractivity contribution in [2.24, 2.45) is 5.84 Å². The number of benzene rings is 2. The van der Waals surface area contributed by atoms with Gasteiger partial charge >= 0.3 is 0 Å². The third-order valence-electron chi connectivity index (χ3n) is 2.76. The molecule has 2 rings (SSSR count). The number of hydrogen-bond acceptors (Lipinski definition) is 3. The zero-order valence-electron chi connectivity index (χ0n) is 10.4. The van der Waals surface area contributed by atoms with Crippen molar-refractivity contribution in [1.29, 1.82) is 0 Å². The zero-order valence-corrected chi connectivity index (χ0v) is 12.8. The first kappa shape index (κ1) is 15.4. The van der Waals surface area contributed by atoms with Crippen LogP contribution in [0, 0.1) is 11.6 Å². The largest absolute Gasteiger partial charge is 0.271 e. The molecule has 1 atom stereocenters. The fourth-order valence-corrected chi connectivity index (χ4v) is 2.95. The summed E-state index contributed by atoms with van der Waals surface area (Å²) in [6.07, 6.45) is 0. The summed E-state index contributed by atoms with van der Waals surface area (Å²) in [5.41, 5.74) is 2.76. The SMILES string of the molecule is NNC(CSc1ccc(Br)cc1)c1cc(F)ccc1F. The summed E-state index contributed by atoms with van der Waals surface area (Å²) in [6, 6.07) is 10.7. The number of nitrogens with one attached hydrogen (secondary N) is 1. The Kier molecular flexibility index (Phi) is 5.54. The van der Waals surface area contributed by atoms with Crippen molar-refractivity contribution in [2.75, 3.05) is 5.75 Å². The highest BCUT2D eigenvalue weighted by Crippen LogP contribution is 2.27. The molecule has 0 fully saturated rings. The summed E-state index contributed by atoms with van der Waals surface area (Å²) in [6.45, 7) is 0. The van der Waals surface area contributed by atoms with Crippen LogP contribution in [0.4, 0.5) is 8.78 Å². The second kappa shape index (κ2) is 7.17. The number of nitrogens with two attached hydrogens (primary N) is 1. The van der Waals surface area contributed by atoms with Gasteiger partial charge in [0, 0.05) is 20.7 Å². The molecular formula is C14H13BrF2N2S. The van der Waals surface area contributed by atoms with Crippen LogP contribution in [0.5, 0.6) is 0 Å². The van der Waals surface area contributed by atoms with E-state index in [4.69, 9.17) is 5.84 Å². The zero-order chi connectivity index (χ0) is 14.5. The van der Waals surface area contributed by atoms with Crippen LogP contribution in [0.2, 0.25) is 0 Å². The lowest BCUT2D eigenvalue weighted by Crippen LogP contribution is -2.30. The highest BCUT2D eigenvalue weighted by molar-refractivity contribution is 9.10. The Morgan fingerprint density at radius 1 is 1.15 bits per heavy atom. The number of thioether (sulfide) groups is 1. The Labute approximate surface area is 128 Å². The molecule has 0 saturated carbocycles. The molecular weight excluding hydrogens is 346 g/mol. The van der Waals surface area contributed by atoms with Crippen LogP contribution < -0.4 is 11.3 Å². The molecule has 0 aliphatic carbocycles. The Morgan fingerprint density at radius 3 is 2.50 bits per heavy atom. The first-order valence-corrected chi connectivity index (χ1v) is 7.67. The van der Waals surface area contributed by atoms with Crippen LogP contribution >= 0.6 is 27.7 Å². The number of hydrogen-bond donors (Lipinski definition) is 2. The molecule has 20 heavy (non-hydrogen) atoms. The Hall–Kier alpha value is -0.950. The van der Waals surface area contributed by atoms with Gasteiger partial charge < -0.3 is 0 Å². The predicted octanol–water partition coefficient (Wildman–Crippen LogP) is 4.02. The standard InChI is InChI=1S/C14H13BrF2N2S/c15-9-1-4-11(5-2-9)20-8-14(19-18)12-7-10(16)3-6-13(12)17/h1-7,14,19H,8,18H2. The van der Waals surface area contributed by atoms with Crippen molar-refractivity contribution in [1.82, 2.24) is 5.43 Å². The van der Waals surface area contributed by atoms with Crippen LogP contribution in [-0.4, -0.2) is 5.75 Å². The molecule has 6 heteroatoms. The van der Waals surface area contributed by atoms with Gasteiger partial charge in [-0.15, -0.1) is 11.8 Å². The molecule has 0 bridgehead atoms. The Balaban J connectivity index is 2.09. The summed E-state index contributed by atoms with van der Waals surface area (Å²) < 4.78 is 27.9. The minimum Gasteiger partial charge on any atom is -0.271 e. The highest BCUT2D eigenvalue weighted by atomic mass is 79.9. The van der Waals surface area contributed by atoms with Crippen molar-refractivity contribution < 1.29 is 8.78 Å². The molecule has 2 aromatic carbocycles. The molecule has 0 spiro atoms. The molecule has 106 valence electrons. The normalized spacial score (nSPS) is 12.4. The van der Waals surface area contributed by atoms with E-state index in [1.165, 1.54) is 17.8 Å².